The van der Waals surface area contributed by atoms with Gasteiger partial charge in [0.05, 0.1) is 5.52 Å². The number of nitrogens with one attached hydrogen (secondary N) is 1. The van der Waals surface area contributed by atoms with E-state index in [2.05, 4.69) is 40.5 Å². The minimum atomic E-state index is -0.612. The summed E-state index contributed by atoms with van der Waals surface area (Å²) in [6.45, 7) is 3.87. The molecule has 9 nitrogen and oxygen atoms in total. The number of piperidine rings is 1. The Hall–Kier alpha value is -3.82. The van der Waals surface area contributed by atoms with Crippen LogP contribution in [0.1, 0.15) is 78.0 Å². The molecule has 3 fully saturated rings. The first-order chi connectivity index (χ1) is 21.4. The van der Waals surface area contributed by atoms with Crippen LogP contribution in [0.25, 0.3) is 10.9 Å². The van der Waals surface area contributed by atoms with Crippen molar-refractivity contribution in [1.82, 2.24) is 20.1 Å². The van der Waals surface area contributed by atoms with Crippen LogP contribution in [0.5, 0.6) is 5.75 Å². The number of fused-ring (bicyclic) bond motifs is 2. The molecular weight excluding hydrogens is 556 g/mol. The van der Waals surface area contributed by atoms with E-state index in [1.54, 1.807) is 18.1 Å². The molecule has 1 unspecified atom stereocenters. The maximum Gasteiger partial charge on any atom is 0.255 e. The molecule has 2 saturated heterocycles. The maximum atomic E-state index is 13.0. The summed E-state index contributed by atoms with van der Waals surface area (Å²) in [6.07, 6.45) is 6.41. The number of likely N-dealkylation sites (tertiary alicyclic amines) is 1. The van der Waals surface area contributed by atoms with Crippen molar-refractivity contribution in [3.05, 3.63) is 70.9 Å². The second-order valence-electron chi connectivity index (χ2n) is 12.9. The number of carbonyl (C=O) groups is 3. The number of benzene rings is 2. The van der Waals surface area contributed by atoms with Gasteiger partial charge in [-0.25, -0.2) is 0 Å². The van der Waals surface area contributed by atoms with Gasteiger partial charge in [0.1, 0.15) is 17.9 Å². The zero-order valence-corrected chi connectivity index (χ0v) is 25.3. The highest BCUT2D eigenvalue weighted by Crippen LogP contribution is 2.36. The van der Waals surface area contributed by atoms with Gasteiger partial charge in [-0.3, -0.25) is 29.6 Å². The third-order valence-electron chi connectivity index (χ3n) is 9.88. The van der Waals surface area contributed by atoms with Gasteiger partial charge in [0.2, 0.25) is 11.8 Å². The van der Waals surface area contributed by atoms with Crippen molar-refractivity contribution in [3.8, 4) is 5.75 Å². The normalized spacial score (nSPS) is 25.8. The van der Waals surface area contributed by atoms with Crippen LogP contribution in [0.4, 0.5) is 0 Å². The fourth-order valence-corrected chi connectivity index (χ4v) is 7.49. The first-order valence-corrected chi connectivity index (χ1v) is 16.0. The van der Waals surface area contributed by atoms with Crippen LogP contribution in [-0.4, -0.2) is 71.5 Å². The van der Waals surface area contributed by atoms with Crippen molar-refractivity contribution in [3.63, 3.8) is 0 Å². The van der Waals surface area contributed by atoms with E-state index >= 15 is 0 Å². The lowest BCUT2D eigenvalue weighted by atomic mass is 9.80. The summed E-state index contributed by atoms with van der Waals surface area (Å²) in [6, 6.07) is 16.1. The molecule has 0 radical (unpaired) electrons. The standard InChI is InChI=1S/C35H40N4O5/c1-43-21-22-2-5-24(6-3-22)30-11-7-25-16-23(4-10-31(25)36-30)18-38-15-14-28(20-38)44-27-8-9-29-26(17-27)19-39(35(29)42)32-12-13-33(40)37-34(32)41/h4,7-11,16-17,22,24,28,32H,2-3,5-6,12-15,18-21H2,1H3,(H,37,40,41)/t22?,24?,28-,32?/m0/s1. The van der Waals surface area contributed by atoms with Crippen LogP contribution < -0.4 is 10.1 Å². The van der Waals surface area contributed by atoms with E-state index in [9.17, 15) is 14.4 Å². The zero-order chi connectivity index (χ0) is 30.2. The molecule has 4 aliphatic rings. The van der Waals surface area contributed by atoms with Crippen molar-refractivity contribution in [1.29, 1.82) is 0 Å². The van der Waals surface area contributed by atoms with E-state index in [4.69, 9.17) is 14.5 Å². The van der Waals surface area contributed by atoms with Gasteiger partial charge in [0.15, 0.2) is 0 Å². The number of amides is 3. The first-order valence-electron chi connectivity index (χ1n) is 16.0. The van der Waals surface area contributed by atoms with Gasteiger partial charge in [0, 0.05) is 68.9 Å². The molecule has 0 bridgehead atoms. The Kier molecular flexibility index (Phi) is 8.08. The molecule has 1 aliphatic carbocycles. The number of imide groups is 1. The van der Waals surface area contributed by atoms with Crippen LogP contribution in [0.15, 0.2) is 48.5 Å². The van der Waals surface area contributed by atoms with Gasteiger partial charge in [-0.05, 0) is 92.0 Å². The smallest absolute Gasteiger partial charge is 0.255 e. The molecular formula is C35H40N4O5. The number of hydrogen-bond acceptors (Lipinski definition) is 7. The summed E-state index contributed by atoms with van der Waals surface area (Å²) in [5, 5.41) is 3.54. The highest BCUT2D eigenvalue weighted by Gasteiger charge is 2.39. The molecule has 1 aromatic heterocycles. The summed E-state index contributed by atoms with van der Waals surface area (Å²) in [5.74, 6) is 1.13. The Morgan fingerprint density at radius 3 is 2.64 bits per heavy atom. The largest absolute Gasteiger partial charge is 0.489 e. The number of carbonyl (C=O) groups excluding carboxylic acids is 3. The third kappa shape index (κ3) is 5.95. The van der Waals surface area contributed by atoms with Crippen LogP contribution in [0.2, 0.25) is 0 Å². The fraction of sp³-hybridized carbons (Fsp3) is 0.486. The summed E-state index contributed by atoms with van der Waals surface area (Å²) >= 11 is 0. The number of hydrogen-bond donors (Lipinski definition) is 1. The summed E-state index contributed by atoms with van der Waals surface area (Å²) in [4.78, 5) is 45.9. The van der Waals surface area contributed by atoms with Crippen LogP contribution >= 0.6 is 0 Å². The first kappa shape index (κ1) is 28.9. The fourth-order valence-electron chi connectivity index (χ4n) is 7.49. The molecule has 3 amide bonds. The highest BCUT2D eigenvalue weighted by molar-refractivity contribution is 6.05. The second kappa shape index (κ2) is 12.3. The van der Waals surface area contributed by atoms with Crippen molar-refractivity contribution in [2.24, 2.45) is 5.92 Å². The van der Waals surface area contributed by atoms with E-state index < -0.39 is 11.9 Å². The summed E-state index contributed by atoms with van der Waals surface area (Å²) < 4.78 is 11.7. The average Bonchev–Trinajstić information content (AvgIpc) is 3.60. The molecule has 0 spiro atoms. The molecule has 9 heteroatoms. The zero-order valence-electron chi connectivity index (χ0n) is 25.3. The Morgan fingerprint density at radius 1 is 0.955 bits per heavy atom. The molecule has 1 saturated carbocycles. The molecule has 2 atom stereocenters. The van der Waals surface area contributed by atoms with E-state index in [1.807, 2.05) is 12.1 Å². The predicted octanol–water partition coefficient (Wildman–Crippen LogP) is 4.57. The van der Waals surface area contributed by atoms with Crippen molar-refractivity contribution < 1.29 is 23.9 Å². The second-order valence-corrected chi connectivity index (χ2v) is 12.9. The van der Waals surface area contributed by atoms with Gasteiger partial charge in [-0.2, -0.15) is 0 Å². The topological polar surface area (TPSA) is 101 Å². The van der Waals surface area contributed by atoms with Gasteiger partial charge >= 0.3 is 0 Å². The number of rotatable bonds is 8. The molecule has 4 heterocycles. The molecule has 44 heavy (non-hydrogen) atoms. The van der Waals surface area contributed by atoms with Gasteiger partial charge in [0.25, 0.3) is 5.91 Å². The number of nitrogens with zero attached hydrogens (tertiary/aromatic N) is 3. The minimum absolute atomic E-state index is 0.0695. The minimum Gasteiger partial charge on any atom is -0.489 e. The van der Waals surface area contributed by atoms with Gasteiger partial charge in [-0.15, -0.1) is 0 Å². The van der Waals surface area contributed by atoms with E-state index in [-0.39, 0.29) is 24.3 Å². The van der Waals surface area contributed by atoms with Crippen molar-refractivity contribution >= 4 is 28.6 Å². The Balaban J connectivity index is 0.936. The Morgan fingerprint density at radius 2 is 1.82 bits per heavy atom. The lowest BCUT2D eigenvalue weighted by molar-refractivity contribution is -0.136. The van der Waals surface area contributed by atoms with Crippen LogP contribution in [0, 0.1) is 5.92 Å². The molecule has 7 rings (SSSR count). The molecule has 3 aliphatic heterocycles. The lowest BCUT2D eigenvalue weighted by Crippen LogP contribution is -2.52. The number of ether oxygens (including phenoxy) is 2. The molecule has 230 valence electrons. The third-order valence-corrected chi connectivity index (χ3v) is 9.88. The molecule has 3 aromatic rings. The monoisotopic (exact) mass is 596 g/mol. The molecule has 1 N–H and O–H groups in total. The Labute approximate surface area is 257 Å². The van der Waals surface area contributed by atoms with E-state index in [0.29, 0.717) is 30.4 Å². The maximum absolute atomic E-state index is 13.0. The average molecular weight is 597 g/mol. The van der Waals surface area contributed by atoms with Crippen molar-refractivity contribution in [2.45, 2.75) is 76.1 Å². The lowest BCUT2D eigenvalue weighted by Gasteiger charge is -2.29. The molecule has 2 aromatic carbocycles. The van der Waals surface area contributed by atoms with Crippen molar-refractivity contribution in [2.75, 3.05) is 26.8 Å². The summed E-state index contributed by atoms with van der Waals surface area (Å²) in [5.41, 5.74) is 5.03. The predicted molar refractivity (Wildman–Crippen MR) is 165 cm³/mol. The number of pyridine rings is 1. The Bertz CT molecular complexity index is 1580. The van der Waals surface area contributed by atoms with E-state index in [0.717, 1.165) is 49.5 Å². The summed E-state index contributed by atoms with van der Waals surface area (Å²) in [7, 11) is 1.79. The van der Waals surface area contributed by atoms with Gasteiger partial charge < -0.3 is 14.4 Å². The number of aromatic nitrogens is 1. The SMILES string of the molecule is COCC1CCC(c2ccc3cc(CN4CC[C@H](Oc5ccc6c(c5)CN(C5CCC(=O)NC5=O)C6=O)C4)ccc3n2)CC1. The van der Waals surface area contributed by atoms with Gasteiger partial charge in [-0.1, -0.05) is 12.1 Å². The van der Waals surface area contributed by atoms with Crippen LogP contribution in [0.3, 0.4) is 0 Å². The van der Waals surface area contributed by atoms with Crippen LogP contribution in [-0.2, 0) is 27.4 Å². The van der Waals surface area contributed by atoms with E-state index in [1.165, 1.54) is 42.3 Å². The number of methoxy groups -OCH3 is 1. The highest BCUT2D eigenvalue weighted by atomic mass is 16.5. The quantitative estimate of drug-likeness (QED) is 0.380.